The third-order valence-electron chi connectivity index (χ3n) is 2.66. The molecule has 2 N–H and O–H groups in total. The van der Waals surface area contributed by atoms with Gasteiger partial charge < -0.3 is 5.73 Å². The van der Waals surface area contributed by atoms with Gasteiger partial charge in [-0.3, -0.25) is 0 Å². The average molecular weight is 294 g/mol. The molecule has 0 saturated carbocycles. The first-order valence-electron chi connectivity index (χ1n) is 4.97. The fourth-order valence-electron chi connectivity index (χ4n) is 1.89. The predicted molar refractivity (Wildman–Crippen MR) is 74.5 cm³/mol. The Balaban J connectivity index is 0.000000963. The summed E-state index contributed by atoms with van der Waals surface area (Å²) in [5, 5.41) is 0. The minimum absolute atomic E-state index is 0. The minimum atomic E-state index is 0. The number of benzene rings is 2. The number of hydrogen-bond donors (Lipinski definition) is 1. The molecule has 0 aliphatic carbocycles. The molecule has 0 unspecified atom stereocenters. The van der Waals surface area contributed by atoms with Gasteiger partial charge >= 0.3 is 0 Å². The summed E-state index contributed by atoms with van der Waals surface area (Å²) < 4.78 is 0. The van der Waals surface area contributed by atoms with Gasteiger partial charge in [0.1, 0.15) is 0 Å². The highest BCUT2D eigenvalue weighted by atomic mass is 79.9. The van der Waals surface area contributed by atoms with Crippen molar-refractivity contribution in [3.63, 3.8) is 0 Å². The topological polar surface area (TPSA) is 26.0 Å². The van der Waals surface area contributed by atoms with E-state index in [1.165, 1.54) is 20.9 Å². The Morgan fingerprint density at radius 3 is 2.56 bits per heavy atom. The van der Waals surface area contributed by atoms with Crippen LogP contribution in [0.25, 0.3) is 0 Å². The first kappa shape index (κ1) is 11.6. The summed E-state index contributed by atoms with van der Waals surface area (Å²) in [6.45, 7) is 0. The molecule has 1 aliphatic heterocycles. The van der Waals surface area contributed by atoms with Gasteiger partial charge in [-0.15, -0.1) is 17.0 Å². The number of hydrogen-bond acceptors (Lipinski definition) is 2. The average Bonchev–Trinajstić information content (AvgIpc) is 2.26. The molecule has 2 aromatic rings. The maximum absolute atomic E-state index is 5.79. The van der Waals surface area contributed by atoms with E-state index in [9.17, 15) is 0 Å². The van der Waals surface area contributed by atoms with Gasteiger partial charge in [-0.25, -0.2) is 0 Å². The second-order valence-corrected chi connectivity index (χ2v) is 4.84. The van der Waals surface area contributed by atoms with Crippen LogP contribution in [-0.2, 0) is 6.42 Å². The predicted octanol–water partition coefficient (Wildman–Crippen LogP) is 3.90. The molecule has 1 heterocycles. The van der Waals surface area contributed by atoms with E-state index in [0.717, 1.165) is 12.1 Å². The summed E-state index contributed by atoms with van der Waals surface area (Å²) in [7, 11) is 0. The van der Waals surface area contributed by atoms with Crippen LogP contribution in [0.2, 0.25) is 0 Å². The lowest BCUT2D eigenvalue weighted by Crippen LogP contribution is -1.99. The zero-order chi connectivity index (χ0) is 10.3. The first-order chi connectivity index (χ1) is 7.33. The number of nitrogens with two attached hydrogens (primary N) is 1. The standard InChI is InChI=1S/C13H11NS.BrH/c14-11-6-5-10-7-9-3-1-2-4-12(9)15-13(10)8-11;/h1-6,8H,7,14H2;1H. The highest BCUT2D eigenvalue weighted by molar-refractivity contribution is 8.93. The number of rotatable bonds is 0. The Bertz CT molecular complexity index is 525. The van der Waals surface area contributed by atoms with Crippen molar-refractivity contribution in [2.24, 2.45) is 0 Å². The summed E-state index contributed by atoms with van der Waals surface area (Å²) in [6, 6.07) is 14.7. The zero-order valence-corrected chi connectivity index (χ0v) is 11.2. The van der Waals surface area contributed by atoms with E-state index in [1.807, 2.05) is 17.8 Å². The molecular weight excluding hydrogens is 282 g/mol. The molecule has 0 fully saturated rings. The van der Waals surface area contributed by atoms with Gasteiger partial charge in [0.15, 0.2) is 0 Å². The molecule has 0 spiro atoms. The molecule has 16 heavy (non-hydrogen) atoms. The molecule has 3 heteroatoms. The highest BCUT2D eigenvalue weighted by Crippen LogP contribution is 2.39. The van der Waals surface area contributed by atoms with Crippen molar-refractivity contribution in [2.45, 2.75) is 16.2 Å². The van der Waals surface area contributed by atoms with Gasteiger partial charge in [0.2, 0.25) is 0 Å². The van der Waals surface area contributed by atoms with Crippen LogP contribution in [-0.4, -0.2) is 0 Å². The van der Waals surface area contributed by atoms with E-state index in [2.05, 4.69) is 36.4 Å². The Morgan fingerprint density at radius 1 is 0.938 bits per heavy atom. The Labute approximate surface area is 110 Å². The van der Waals surface area contributed by atoms with Gasteiger partial charge in [-0.1, -0.05) is 36.0 Å². The monoisotopic (exact) mass is 293 g/mol. The molecule has 0 bridgehead atoms. The van der Waals surface area contributed by atoms with Crippen LogP contribution in [0.5, 0.6) is 0 Å². The molecule has 0 radical (unpaired) electrons. The van der Waals surface area contributed by atoms with Crippen LogP contribution in [0.4, 0.5) is 5.69 Å². The second kappa shape index (κ2) is 4.52. The fraction of sp³-hybridized carbons (Fsp3) is 0.0769. The number of nitrogen functional groups attached to an aromatic ring is 1. The van der Waals surface area contributed by atoms with Crippen LogP contribution in [0, 0.1) is 0 Å². The Kier molecular flexibility index (Phi) is 3.26. The van der Waals surface area contributed by atoms with Crippen molar-refractivity contribution in [3.05, 3.63) is 53.6 Å². The van der Waals surface area contributed by atoms with Gasteiger partial charge in [-0.05, 0) is 35.7 Å². The van der Waals surface area contributed by atoms with Crippen molar-refractivity contribution in [1.82, 2.24) is 0 Å². The molecule has 82 valence electrons. The first-order valence-corrected chi connectivity index (χ1v) is 5.79. The molecule has 2 aromatic carbocycles. The maximum Gasteiger partial charge on any atom is 0.0325 e. The van der Waals surface area contributed by atoms with Crippen molar-refractivity contribution >= 4 is 34.4 Å². The van der Waals surface area contributed by atoms with E-state index in [-0.39, 0.29) is 17.0 Å². The number of anilines is 1. The molecule has 0 saturated heterocycles. The van der Waals surface area contributed by atoms with E-state index in [0.29, 0.717) is 0 Å². The smallest absolute Gasteiger partial charge is 0.0325 e. The van der Waals surface area contributed by atoms with Crippen LogP contribution in [0.1, 0.15) is 11.1 Å². The van der Waals surface area contributed by atoms with Gasteiger partial charge in [0.05, 0.1) is 0 Å². The van der Waals surface area contributed by atoms with Crippen molar-refractivity contribution in [3.8, 4) is 0 Å². The molecule has 0 atom stereocenters. The lowest BCUT2D eigenvalue weighted by Gasteiger charge is -2.18. The van der Waals surface area contributed by atoms with Gasteiger partial charge in [0, 0.05) is 15.5 Å². The fourth-order valence-corrected chi connectivity index (χ4v) is 3.01. The maximum atomic E-state index is 5.79. The quantitative estimate of drug-likeness (QED) is 0.636. The number of fused-ring (bicyclic) bond motifs is 2. The molecule has 0 aromatic heterocycles. The molecular formula is C13H12BrNS. The summed E-state index contributed by atoms with van der Waals surface area (Å²) >= 11 is 1.82. The van der Waals surface area contributed by atoms with Crippen molar-refractivity contribution in [1.29, 1.82) is 0 Å². The third-order valence-corrected chi connectivity index (χ3v) is 3.88. The second-order valence-electron chi connectivity index (χ2n) is 3.75. The Hall–Kier alpha value is -0.930. The lowest BCUT2D eigenvalue weighted by molar-refractivity contribution is 1.06. The van der Waals surface area contributed by atoms with Crippen molar-refractivity contribution in [2.75, 3.05) is 5.73 Å². The SMILES string of the molecule is Br.Nc1ccc2c(c1)Sc1ccccc1C2. The summed E-state index contributed by atoms with van der Waals surface area (Å²) in [4.78, 5) is 2.66. The van der Waals surface area contributed by atoms with Crippen LogP contribution < -0.4 is 5.73 Å². The molecule has 1 nitrogen and oxygen atoms in total. The third kappa shape index (κ3) is 1.97. The van der Waals surface area contributed by atoms with Crippen LogP contribution in [0.3, 0.4) is 0 Å². The van der Waals surface area contributed by atoms with Crippen LogP contribution >= 0.6 is 28.7 Å². The summed E-state index contributed by atoms with van der Waals surface area (Å²) in [6.07, 6.45) is 1.03. The molecule has 1 aliphatic rings. The minimum Gasteiger partial charge on any atom is -0.399 e. The highest BCUT2D eigenvalue weighted by Gasteiger charge is 2.14. The van der Waals surface area contributed by atoms with Gasteiger partial charge in [-0.2, -0.15) is 0 Å². The normalized spacial score (nSPS) is 12.2. The van der Waals surface area contributed by atoms with Crippen LogP contribution in [0.15, 0.2) is 52.3 Å². The lowest BCUT2D eigenvalue weighted by atomic mass is 10.0. The summed E-state index contributed by atoms with van der Waals surface area (Å²) in [5.41, 5.74) is 9.44. The zero-order valence-electron chi connectivity index (χ0n) is 8.64. The van der Waals surface area contributed by atoms with E-state index in [4.69, 9.17) is 5.73 Å². The van der Waals surface area contributed by atoms with Gasteiger partial charge in [0.25, 0.3) is 0 Å². The largest absolute Gasteiger partial charge is 0.399 e. The number of halogens is 1. The van der Waals surface area contributed by atoms with Crippen molar-refractivity contribution < 1.29 is 0 Å². The summed E-state index contributed by atoms with van der Waals surface area (Å²) in [5.74, 6) is 0. The van der Waals surface area contributed by atoms with E-state index >= 15 is 0 Å². The van der Waals surface area contributed by atoms with E-state index < -0.39 is 0 Å². The Morgan fingerprint density at radius 2 is 1.69 bits per heavy atom. The molecule has 0 amide bonds. The van der Waals surface area contributed by atoms with E-state index in [1.54, 1.807) is 0 Å². The molecule has 3 rings (SSSR count).